The van der Waals surface area contributed by atoms with Crippen LogP contribution in [0, 0.1) is 11.3 Å². The monoisotopic (exact) mass is 266 g/mol. The normalized spacial score (nSPS) is 10.3. The van der Waals surface area contributed by atoms with Crippen LogP contribution in [-0.4, -0.2) is 6.04 Å². The molecule has 2 aromatic rings. The maximum Gasteiger partial charge on any atom is 0.127 e. The number of ether oxygens (including phenoxy) is 1. The molecule has 0 aliphatic carbocycles. The Hall–Kier alpha value is -2.31. The zero-order chi connectivity index (χ0) is 14.4. The highest BCUT2D eigenvalue weighted by Gasteiger charge is 1.99. The summed E-state index contributed by atoms with van der Waals surface area (Å²) in [5.41, 5.74) is 1.86. The maximum atomic E-state index is 8.74. The molecule has 0 heterocycles. The van der Waals surface area contributed by atoms with E-state index in [1.165, 1.54) is 5.56 Å². The molecule has 0 aliphatic heterocycles. The number of rotatable bonds is 5. The van der Waals surface area contributed by atoms with Crippen molar-refractivity contribution in [3.8, 4) is 17.6 Å². The van der Waals surface area contributed by atoms with Crippen molar-refractivity contribution >= 4 is 0 Å². The zero-order valence-electron chi connectivity index (χ0n) is 11.8. The van der Waals surface area contributed by atoms with Gasteiger partial charge in [0.25, 0.3) is 0 Å². The lowest BCUT2D eigenvalue weighted by molar-refractivity contribution is 0.482. The fourth-order valence-electron chi connectivity index (χ4n) is 1.73. The van der Waals surface area contributed by atoms with Gasteiger partial charge in [-0.1, -0.05) is 26.0 Å². The van der Waals surface area contributed by atoms with Crippen LogP contribution in [0.4, 0.5) is 0 Å². The summed E-state index contributed by atoms with van der Waals surface area (Å²) in [7, 11) is 0. The molecule has 0 atom stereocenters. The molecule has 0 radical (unpaired) electrons. The fraction of sp³-hybridized carbons (Fsp3) is 0.235. The van der Waals surface area contributed by atoms with E-state index in [1.54, 1.807) is 24.3 Å². The van der Waals surface area contributed by atoms with Gasteiger partial charge >= 0.3 is 0 Å². The molecule has 1 N–H and O–H groups in total. The van der Waals surface area contributed by atoms with Crippen LogP contribution in [0.5, 0.6) is 11.5 Å². The average Bonchev–Trinajstić information content (AvgIpc) is 2.47. The molecular formula is C17H18N2O. The van der Waals surface area contributed by atoms with Crippen LogP contribution < -0.4 is 10.1 Å². The van der Waals surface area contributed by atoms with E-state index in [0.717, 1.165) is 18.0 Å². The minimum Gasteiger partial charge on any atom is -0.457 e. The Balaban J connectivity index is 1.97. The molecule has 0 unspecified atom stereocenters. The summed E-state index contributed by atoms with van der Waals surface area (Å²) < 4.78 is 5.73. The molecule has 0 aliphatic rings. The van der Waals surface area contributed by atoms with Crippen LogP contribution in [0.1, 0.15) is 25.0 Å². The third-order valence-corrected chi connectivity index (χ3v) is 2.86. The molecule has 0 aromatic heterocycles. The quantitative estimate of drug-likeness (QED) is 0.894. The molecule has 0 spiro atoms. The van der Waals surface area contributed by atoms with Gasteiger partial charge in [-0.3, -0.25) is 0 Å². The van der Waals surface area contributed by atoms with Gasteiger partial charge in [-0.2, -0.15) is 5.26 Å². The Morgan fingerprint density at radius 3 is 2.05 bits per heavy atom. The Bertz CT molecular complexity index is 580. The molecule has 3 nitrogen and oxygen atoms in total. The smallest absolute Gasteiger partial charge is 0.127 e. The van der Waals surface area contributed by atoms with Gasteiger partial charge in [0.1, 0.15) is 11.5 Å². The van der Waals surface area contributed by atoms with E-state index in [0.29, 0.717) is 11.6 Å². The molecule has 0 bridgehead atoms. The van der Waals surface area contributed by atoms with Gasteiger partial charge in [0.2, 0.25) is 0 Å². The Morgan fingerprint density at radius 1 is 1.00 bits per heavy atom. The van der Waals surface area contributed by atoms with Crippen LogP contribution in [-0.2, 0) is 6.54 Å². The van der Waals surface area contributed by atoms with Crippen molar-refractivity contribution in [1.29, 1.82) is 5.26 Å². The predicted octanol–water partition coefficient (Wildman–Crippen LogP) is 3.85. The van der Waals surface area contributed by atoms with Crippen LogP contribution in [0.3, 0.4) is 0 Å². The number of hydrogen-bond donors (Lipinski definition) is 1. The van der Waals surface area contributed by atoms with Gasteiger partial charge in [-0.25, -0.2) is 0 Å². The Morgan fingerprint density at radius 2 is 1.55 bits per heavy atom. The largest absolute Gasteiger partial charge is 0.457 e. The van der Waals surface area contributed by atoms with Crippen molar-refractivity contribution in [2.75, 3.05) is 0 Å². The lowest BCUT2D eigenvalue weighted by Gasteiger charge is -2.09. The van der Waals surface area contributed by atoms with Crippen molar-refractivity contribution < 1.29 is 4.74 Å². The predicted molar refractivity (Wildman–Crippen MR) is 79.6 cm³/mol. The Labute approximate surface area is 119 Å². The zero-order valence-corrected chi connectivity index (χ0v) is 11.8. The Kier molecular flexibility index (Phi) is 4.75. The fourth-order valence-corrected chi connectivity index (χ4v) is 1.73. The first-order valence-electron chi connectivity index (χ1n) is 6.68. The van der Waals surface area contributed by atoms with E-state index in [9.17, 15) is 0 Å². The number of nitriles is 1. The molecule has 102 valence electrons. The summed E-state index contributed by atoms with van der Waals surface area (Å²) in [6.45, 7) is 5.11. The van der Waals surface area contributed by atoms with Gasteiger partial charge in [-0.05, 0) is 42.0 Å². The van der Waals surface area contributed by atoms with Crippen LogP contribution >= 0.6 is 0 Å². The van der Waals surface area contributed by atoms with Crippen LogP contribution in [0.15, 0.2) is 48.5 Å². The second kappa shape index (κ2) is 6.74. The summed E-state index contributed by atoms with van der Waals surface area (Å²) in [6, 6.07) is 17.7. The van der Waals surface area contributed by atoms with E-state index < -0.39 is 0 Å². The van der Waals surface area contributed by atoms with Gasteiger partial charge in [0.15, 0.2) is 0 Å². The van der Waals surface area contributed by atoms with E-state index >= 15 is 0 Å². The highest BCUT2D eigenvalue weighted by molar-refractivity contribution is 5.37. The molecule has 0 amide bonds. The highest BCUT2D eigenvalue weighted by atomic mass is 16.5. The summed E-state index contributed by atoms with van der Waals surface area (Å²) in [5.74, 6) is 1.53. The molecule has 3 heteroatoms. The molecule has 2 rings (SSSR count). The average molecular weight is 266 g/mol. The number of benzene rings is 2. The topological polar surface area (TPSA) is 45.0 Å². The third kappa shape index (κ3) is 4.11. The SMILES string of the molecule is CC(C)NCc1ccc(Oc2ccc(C#N)cc2)cc1. The molecule has 0 saturated carbocycles. The molecule has 2 aromatic carbocycles. The number of hydrogen-bond acceptors (Lipinski definition) is 3. The minimum atomic E-state index is 0.476. The third-order valence-electron chi connectivity index (χ3n) is 2.86. The van der Waals surface area contributed by atoms with Crippen molar-refractivity contribution in [3.63, 3.8) is 0 Å². The number of nitrogens with zero attached hydrogens (tertiary/aromatic N) is 1. The summed E-state index contributed by atoms with van der Waals surface area (Å²) in [5, 5.41) is 12.1. The summed E-state index contributed by atoms with van der Waals surface area (Å²) in [4.78, 5) is 0. The van der Waals surface area contributed by atoms with Crippen molar-refractivity contribution in [2.45, 2.75) is 26.4 Å². The second-order valence-corrected chi connectivity index (χ2v) is 4.92. The number of nitrogens with one attached hydrogen (secondary N) is 1. The lowest BCUT2D eigenvalue weighted by Crippen LogP contribution is -2.21. The first kappa shape index (κ1) is 14.1. The minimum absolute atomic E-state index is 0.476. The lowest BCUT2D eigenvalue weighted by atomic mass is 10.2. The van der Waals surface area contributed by atoms with Crippen molar-refractivity contribution in [2.24, 2.45) is 0 Å². The van der Waals surface area contributed by atoms with E-state index in [4.69, 9.17) is 10.00 Å². The molecular weight excluding hydrogens is 248 g/mol. The molecule has 20 heavy (non-hydrogen) atoms. The maximum absolute atomic E-state index is 8.74. The molecule has 0 saturated heterocycles. The standard InChI is InChI=1S/C17H18N2O/c1-13(2)19-12-15-5-9-17(10-6-15)20-16-7-3-14(11-18)4-8-16/h3-10,13,19H,12H2,1-2H3. The van der Waals surface area contributed by atoms with Gasteiger partial charge < -0.3 is 10.1 Å². The summed E-state index contributed by atoms with van der Waals surface area (Å²) >= 11 is 0. The van der Waals surface area contributed by atoms with Crippen molar-refractivity contribution in [3.05, 3.63) is 59.7 Å². The van der Waals surface area contributed by atoms with E-state index in [-0.39, 0.29) is 0 Å². The summed E-state index contributed by atoms with van der Waals surface area (Å²) in [6.07, 6.45) is 0. The second-order valence-electron chi connectivity index (χ2n) is 4.92. The van der Waals surface area contributed by atoms with Gasteiger partial charge in [-0.15, -0.1) is 0 Å². The van der Waals surface area contributed by atoms with Gasteiger partial charge in [0.05, 0.1) is 11.6 Å². The van der Waals surface area contributed by atoms with Crippen LogP contribution in [0.25, 0.3) is 0 Å². The van der Waals surface area contributed by atoms with Crippen molar-refractivity contribution in [1.82, 2.24) is 5.32 Å². The van der Waals surface area contributed by atoms with E-state index in [2.05, 4.69) is 25.2 Å². The van der Waals surface area contributed by atoms with Gasteiger partial charge in [0, 0.05) is 12.6 Å². The first-order valence-corrected chi connectivity index (χ1v) is 6.68. The first-order chi connectivity index (χ1) is 9.67. The van der Waals surface area contributed by atoms with Crippen LogP contribution in [0.2, 0.25) is 0 Å². The highest BCUT2D eigenvalue weighted by Crippen LogP contribution is 2.21. The molecule has 0 fully saturated rings. The van der Waals surface area contributed by atoms with E-state index in [1.807, 2.05) is 24.3 Å².